The molecular formula is C18H23N5. The number of nitrogens with one attached hydrogen (secondary N) is 1. The monoisotopic (exact) mass is 309 g/mol. The number of rotatable bonds is 3. The highest BCUT2D eigenvalue weighted by Crippen LogP contribution is 2.50. The molecule has 1 fully saturated rings. The summed E-state index contributed by atoms with van der Waals surface area (Å²) in [7, 11) is 0. The fourth-order valence-corrected chi connectivity index (χ4v) is 3.99. The van der Waals surface area contributed by atoms with E-state index in [1.165, 1.54) is 0 Å². The van der Waals surface area contributed by atoms with Crippen molar-refractivity contribution in [3.05, 3.63) is 11.6 Å². The molecule has 0 aromatic heterocycles. The van der Waals surface area contributed by atoms with Crippen LogP contribution in [0.5, 0.6) is 0 Å². The smallest absolute Gasteiger partial charge is 0.185 e. The normalized spacial score (nSPS) is 29.9. The van der Waals surface area contributed by atoms with E-state index >= 15 is 0 Å². The van der Waals surface area contributed by atoms with Gasteiger partial charge in [0.2, 0.25) is 0 Å². The molecule has 2 aliphatic rings. The van der Waals surface area contributed by atoms with E-state index in [-0.39, 0.29) is 17.5 Å². The van der Waals surface area contributed by atoms with E-state index in [2.05, 4.69) is 43.0 Å². The van der Waals surface area contributed by atoms with Crippen molar-refractivity contribution in [2.75, 3.05) is 13.1 Å². The van der Waals surface area contributed by atoms with Gasteiger partial charge in [-0.2, -0.15) is 15.8 Å². The lowest BCUT2D eigenvalue weighted by atomic mass is 9.55. The zero-order chi connectivity index (χ0) is 17.2. The summed E-state index contributed by atoms with van der Waals surface area (Å²) in [6.45, 7) is 7.81. The highest BCUT2D eigenvalue weighted by Gasteiger charge is 2.56. The Labute approximate surface area is 138 Å². The van der Waals surface area contributed by atoms with E-state index in [1.807, 2.05) is 6.92 Å². The molecule has 0 bridgehead atoms. The second-order valence-electron chi connectivity index (χ2n) is 6.76. The third-order valence-electron chi connectivity index (χ3n) is 5.32. The topological polar surface area (TPSA) is 98.5 Å². The maximum Gasteiger partial charge on any atom is 0.185 e. The molecule has 0 saturated heterocycles. The van der Waals surface area contributed by atoms with Gasteiger partial charge in [0.05, 0.1) is 23.9 Å². The lowest BCUT2D eigenvalue weighted by Crippen LogP contribution is -2.54. The quantitative estimate of drug-likeness (QED) is 0.810. The van der Waals surface area contributed by atoms with Crippen LogP contribution in [-0.4, -0.2) is 29.7 Å². The minimum Gasteiger partial charge on any atom is -0.305 e. The molecule has 0 aromatic carbocycles. The van der Waals surface area contributed by atoms with Crippen molar-refractivity contribution < 1.29 is 0 Å². The van der Waals surface area contributed by atoms with Crippen molar-refractivity contribution >= 4 is 5.71 Å². The Morgan fingerprint density at radius 3 is 2.48 bits per heavy atom. The third-order valence-corrected chi connectivity index (χ3v) is 5.32. The predicted octanol–water partition coefficient (Wildman–Crippen LogP) is 2.88. The van der Waals surface area contributed by atoms with Crippen molar-refractivity contribution in [3.8, 4) is 18.2 Å². The lowest BCUT2D eigenvalue weighted by Gasteiger charge is -2.48. The van der Waals surface area contributed by atoms with E-state index < -0.39 is 11.3 Å². The van der Waals surface area contributed by atoms with Crippen LogP contribution < -0.4 is 0 Å². The van der Waals surface area contributed by atoms with Gasteiger partial charge in [-0.15, -0.1) is 0 Å². The molecule has 23 heavy (non-hydrogen) atoms. The molecule has 1 heterocycles. The molecule has 0 unspecified atom stereocenters. The fraction of sp³-hybridized carbons (Fsp3) is 0.667. The first kappa shape index (κ1) is 17.2. The van der Waals surface area contributed by atoms with Gasteiger partial charge in [0, 0.05) is 25.0 Å². The van der Waals surface area contributed by atoms with Crippen molar-refractivity contribution in [3.63, 3.8) is 0 Å². The van der Waals surface area contributed by atoms with Crippen molar-refractivity contribution in [1.82, 2.24) is 4.90 Å². The van der Waals surface area contributed by atoms with Crippen molar-refractivity contribution in [1.29, 1.82) is 21.2 Å². The van der Waals surface area contributed by atoms with E-state index in [1.54, 1.807) is 0 Å². The standard InChI is InChI=1S/C18H23N5/c1-4-5-16-15-9-23(12(2)3)7-6-13(15)14(8-19)17(22)18(16,10-20)11-21/h6,12,14-16,22H,4-5,7,9H2,1-3H3/t14-,15+,16+/m1/s1. The zero-order valence-corrected chi connectivity index (χ0v) is 14.0. The molecule has 1 N–H and O–H groups in total. The predicted molar refractivity (Wildman–Crippen MR) is 87.2 cm³/mol. The molecule has 120 valence electrons. The minimum atomic E-state index is -1.47. The summed E-state index contributed by atoms with van der Waals surface area (Å²) < 4.78 is 0. The zero-order valence-electron chi connectivity index (χ0n) is 14.0. The first-order valence-corrected chi connectivity index (χ1v) is 8.21. The molecular weight excluding hydrogens is 286 g/mol. The maximum atomic E-state index is 9.73. The van der Waals surface area contributed by atoms with Gasteiger partial charge in [-0.1, -0.05) is 19.4 Å². The van der Waals surface area contributed by atoms with Gasteiger partial charge in [0.25, 0.3) is 0 Å². The summed E-state index contributed by atoms with van der Waals surface area (Å²) >= 11 is 0. The van der Waals surface area contributed by atoms with Gasteiger partial charge in [-0.25, -0.2) is 0 Å². The van der Waals surface area contributed by atoms with Crippen LogP contribution in [0.25, 0.3) is 0 Å². The van der Waals surface area contributed by atoms with Gasteiger partial charge in [0.15, 0.2) is 5.41 Å². The van der Waals surface area contributed by atoms with Crippen LogP contribution in [0.4, 0.5) is 0 Å². The van der Waals surface area contributed by atoms with Crippen LogP contribution in [0.2, 0.25) is 0 Å². The Balaban J connectivity index is 2.58. The Kier molecular flexibility index (Phi) is 4.88. The summed E-state index contributed by atoms with van der Waals surface area (Å²) in [4.78, 5) is 2.31. The summed E-state index contributed by atoms with van der Waals surface area (Å²) in [6.07, 6.45) is 3.62. The summed E-state index contributed by atoms with van der Waals surface area (Å²) in [5.74, 6) is -0.946. The number of hydrogen-bond acceptors (Lipinski definition) is 5. The molecule has 2 rings (SSSR count). The van der Waals surface area contributed by atoms with Crippen LogP contribution in [0.1, 0.15) is 33.6 Å². The largest absolute Gasteiger partial charge is 0.305 e. The summed E-state index contributed by atoms with van der Waals surface area (Å²) in [6, 6.07) is 6.76. The second-order valence-corrected chi connectivity index (χ2v) is 6.76. The van der Waals surface area contributed by atoms with Gasteiger partial charge in [0.1, 0.15) is 5.92 Å². The van der Waals surface area contributed by atoms with Crippen molar-refractivity contribution in [2.45, 2.75) is 39.7 Å². The van der Waals surface area contributed by atoms with Crippen LogP contribution in [0, 0.1) is 62.6 Å². The van der Waals surface area contributed by atoms with Gasteiger partial charge in [-0.05, 0) is 31.8 Å². The average Bonchev–Trinajstić information content (AvgIpc) is 2.56. The molecule has 0 amide bonds. The van der Waals surface area contributed by atoms with Crippen LogP contribution in [0.3, 0.4) is 0 Å². The third kappa shape index (κ3) is 2.54. The number of nitriles is 3. The molecule has 3 atom stereocenters. The van der Waals surface area contributed by atoms with Crippen molar-refractivity contribution in [2.24, 2.45) is 23.2 Å². The molecule has 1 saturated carbocycles. The highest BCUT2D eigenvalue weighted by molar-refractivity contribution is 6.00. The SMILES string of the molecule is CCC[C@H]1[C@H]2CN(C(C)C)CC=C2[C@@H](C#N)C(=N)C1(C#N)C#N. The Morgan fingerprint density at radius 1 is 1.35 bits per heavy atom. The summed E-state index contributed by atoms with van der Waals surface area (Å²) in [5.41, 5.74) is -0.545. The van der Waals surface area contributed by atoms with E-state index in [0.29, 0.717) is 6.04 Å². The Bertz CT molecular complexity index is 626. The van der Waals surface area contributed by atoms with E-state index in [4.69, 9.17) is 5.41 Å². The molecule has 1 aliphatic carbocycles. The van der Waals surface area contributed by atoms with Crippen LogP contribution in [0.15, 0.2) is 11.6 Å². The van der Waals surface area contributed by atoms with Crippen LogP contribution >= 0.6 is 0 Å². The first-order chi connectivity index (χ1) is 11.0. The number of nitrogens with zero attached hydrogens (tertiary/aromatic N) is 4. The molecule has 0 aromatic rings. The van der Waals surface area contributed by atoms with E-state index in [9.17, 15) is 15.8 Å². The fourth-order valence-electron chi connectivity index (χ4n) is 3.99. The Hall–Kier alpha value is -2.16. The maximum absolute atomic E-state index is 9.73. The first-order valence-electron chi connectivity index (χ1n) is 8.21. The molecule has 5 nitrogen and oxygen atoms in total. The molecule has 0 spiro atoms. The second kappa shape index (κ2) is 6.53. The van der Waals surface area contributed by atoms with E-state index in [0.717, 1.165) is 31.5 Å². The number of fused-ring (bicyclic) bond motifs is 1. The molecule has 1 aliphatic heterocycles. The molecule has 5 heteroatoms. The molecule has 0 radical (unpaired) electrons. The van der Waals surface area contributed by atoms with Gasteiger partial charge >= 0.3 is 0 Å². The summed E-state index contributed by atoms with van der Waals surface area (Å²) in [5, 5.41) is 37.4. The number of hydrogen-bond donors (Lipinski definition) is 1. The lowest BCUT2D eigenvalue weighted by molar-refractivity contribution is 0.137. The Morgan fingerprint density at radius 2 is 2.00 bits per heavy atom. The van der Waals surface area contributed by atoms with Crippen LogP contribution in [-0.2, 0) is 0 Å². The minimum absolute atomic E-state index is 0.00384. The average molecular weight is 309 g/mol. The van der Waals surface area contributed by atoms with Gasteiger partial charge < -0.3 is 5.41 Å². The highest BCUT2D eigenvalue weighted by atomic mass is 15.2. The van der Waals surface area contributed by atoms with Gasteiger partial charge in [-0.3, -0.25) is 4.90 Å².